The average Bonchev–Trinajstić information content (AvgIpc) is 3.15. The first-order valence-electron chi connectivity index (χ1n) is 8.99. The third-order valence-electron chi connectivity index (χ3n) is 3.66. The molecule has 1 aromatic heterocycles. The number of anilines is 3. The molecule has 0 saturated carbocycles. The molecule has 0 spiro atoms. The van der Waals surface area contributed by atoms with E-state index in [1.807, 2.05) is 25.1 Å². The van der Waals surface area contributed by atoms with Gasteiger partial charge in [-0.2, -0.15) is 5.10 Å². The molecular weight excluding hydrogens is 426 g/mol. The van der Waals surface area contributed by atoms with Gasteiger partial charge in [0.25, 0.3) is 5.91 Å². The Bertz CT molecular complexity index is 1030. The van der Waals surface area contributed by atoms with Gasteiger partial charge in [-0.25, -0.2) is 4.98 Å². The second-order valence-electron chi connectivity index (χ2n) is 5.90. The summed E-state index contributed by atoms with van der Waals surface area (Å²) in [5, 5.41) is 9.52. The molecule has 0 saturated heterocycles. The van der Waals surface area contributed by atoms with Gasteiger partial charge >= 0.3 is 0 Å². The number of rotatable bonds is 9. The first-order chi connectivity index (χ1) is 14.5. The summed E-state index contributed by atoms with van der Waals surface area (Å²) in [6, 6.07) is 12.4. The number of para-hydroxylation sites is 1. The number of thiazole rings is 1. The van der Waals surface area contributed by atoms with Gasteiger partial charge in [-0.05, 0) is 25.1 Å². The van der Waals surface area contributed by atoms with Crippen LogP contribution in [0, 0.1) is 0 Å². The molecule has 4 N–H and O–H groups in total. The van der Waals surface area contributed by atoms with E-state index in [-0.39, 0.29) is 12.5 Å². The number of hydrogen-bond donors (Lipinski definition) is 3. The number of carbonyl (C=O) groups excluding carboxylic acids is 1. The van der Waals surface area contributed by atoms with Crippen molar-refractivity contribution in [3.8, 4) is 11.5 Å². The lowest BCUT2D eigenvalue weighted by Crippen LogP contribution is -2.20. The minimum Gasteiger partial charge on any atom is -0.490 e. The van der Waals surface area contributed by atoms with Crippen molar-refractivity contribution < 1.29 is 14.3 Å². The van der Waals surface area contributed by atoms with Crippen LogP contribution in [0.5, 0.6) is 11.5 Å². The Hall–Kier alpha value is -3.30. The van der Waals surface area contributed by atoms with Crippen LogP contribution in [0.25, 0.3) is 0 Å². The summed E-state index contributed by atoms with van der Waals surface area (Å²) >= 11 is 7.68. The molecule has 1 heterocycles. The number of carbonyl (C=O) groups is 1. The van der Waals surface area contributed by atoms with Crippen LogP contribution in [0.15, 0.2) is 52.9 Å². The summed E-state index contributed by atoms with van der Waals surface area (Å²) in [5.41, 5.74) is 9.66. The molecule has 156 valence electrons. The van der Waals surface area contributed by atoms with Crippen molar-refractivity contribution in [2.75, 3.05) is 29.7 Å². The summed E-state index contributed by atoms with van der Waals surface area (Å²) in [6.07, 6.45) is 1.54. The SMILES string of the molecule is CCOc1cc(C=NNc2nc(N)cs2)c(Cl)cc1OCC(=O)Nc1ccccc1. The molecule has 0 bridgehead atoms. The van der Waals surface area contributed by atoms with Gasteiger partial charge in [0, 0.05) is 22.7 Å². The molecule has 0 unspecified atom stereocenters. The zero-order valence-corrected chi connectivity index (χ0v) is 17.7. The lowest BCUT2D eigenvalue weighted by molar-refractivity contribution is -0.118. The molecule has 30 heavy (non-hydrogen) atoms. The predicted molar refractivity (Wildman–Crippen MR) is 121 cm³/mol. The fourth-order valence-electron chi connectivity index (χ4n) is 2.39. The fourth-order valence-corrected chi connectivity index (χ4v) is 3.14. The number of hydrogen-bond acceptors (Lipinski definition) is 8. The maximum atomic E-state index is 12.1. The second kappa shape index (κ2) is 10.5. The van der Waals surface area contributed by atoms with Crippen molar-refractivity contribution in [3.63, 3.8) is 0 Å². The zero-order chi connectivity index (χ0) is 21.3. The predicted octanol–water partition coefficient (Wildman–Crippen LogP) is 4.24. The average molecular weight is 446 g/mol. The van der Waals surface area contributed by atoms with Gasteiger partial charge in [-0.1, -0.05) is 29.8 Å². The van der Waals surface area contributed by atoms with Crippen molar-refractivity contribution in [1.29, 1.82) is 0 Å². The number of ether oxygens (including phenoxy) is 2. The topological polar surface area (TPSA) is 111 Å². The minimum absolute atomic E-state index is 0.189. The van der Waals surface area contributed by atoms with Gasteiger partial charge in [-0.3, -0.25) is 10.2 Å². The third-order valence-corrected chi connectivity index (χ3v) is 4.76. The van der Waals surface area contributed by atoms with E-state index < -0.39 is 0 Å². The fraction of sp³-hybridized carbons (Fsp3) is 0.150. The van der Waals surface area contributed by atoms with Crippen molar-refractivity contribution in [3.05, 3.63) is 58.4 Å². The van der Waals surface area contributed by atoms with E-state index in [0.29, 0.717) is 45.3 Å². The van der Waals surface area contributed by atoms with Crippen LogP contribution in [-0.4, -0.2) is 30.3 Å². The molecule has 3 rings (SSSR count). The van der Waals surface area contributed by atoms with E-state index in [0.717, 1.165) is 0 Å². The molecule has 0 radical (unpaired) electrons. The lowest BCUT2D eigenvalue weighted by atomic mass is 10.2. The Kier molecular flexibility index (Phi) is 7.47. The van der Waals surface area contributed by atoms with Gasteiger partial charge in [-0.15, -0.1) is 11.3 Å². The molecule has 0 aliphatic carbocycles. The molecule has 10 heteroatoms. The highest BCUT2D eigenvalue weighted by molar-refractivity contribution is 7.14. The maximum Gasteiger partial charge on any atom is 0.262 e. The summed E-state index contributed by atoms with van der Waals surface area (Å²) in [4.78, 5) is 16.2. The van der Waals surface area contributed by atoms with Gasteiger partial charge in [0.15, 0.2) is 18.1 Å². The van der Waals surface area contributed by atoms with E-state index >= 15 is 0 Å². The van der Waals surface area contributed by atoms with E-state index in [2.05, 4.69) is 20.8 Å². The quantitative estimate of drug-likeness (QED) is 0.335. The number of nitrogens with one attached hydrogen (secondary N) is 2. The van der Waals surface area contributed by atoms with Crippen molar-refractivity contribution in [2.45, 2.75) is 6.92 Å². The van der Waals surface area contributed by atoms with Gasteiger partial charge < -0.3 is 20.5 Å². The highest BCUT2D eigenvalue weighted by atomic mass is 35.5. The van der Waals surface area contributed by atoms with E-state index in [4.69, 9.17) is 26.8 Å². The van der Waals surface area contributed by atoms with Crippen LogP contribution >= 0.6 is 22.9 Å². The number of aromatic nitrogens is 1. The van der Waals surface area contributed by atoms with E-state index in [1.165, 1.54) is 17.6 Å². The number of hydrazone groups is 1. The van der Waals surface area contributed by atoms with E-state index in [1.54, 1.807) is 29.6 Å². The Balaban J connectivity index is 1.66. The molecule has 0 fully saturated rings. The van der Waals surface area contributed by atoms with Crippen LogP contribution in [0.2, 0.25) is 5.02 Å². The standard InChI is InChI=1S/C20H20ClN5O3S/c1-2-28-16-8-13(10-23-26-20-25-18(22)12-30-20)15(21)9-17(16)29-11-19(27)24-14-6-4-3-5-7-14/h3-10,12H,2,11,22H2,1H3,(H,24,27)(H,25,26). The smallest absolute Gasteiger partial charge is 0.262 e. The Morgan fingerprint density at radius 3 is 2.73 bits per heavy atom. The second-order valence-corrected chi connectivity index (χ2v) is 7.17. The van der Waals surface area contributed by atoms with Crippen LogP contribution in [-0.2, 0) is 4.79 Å². The van der Waals surface area contributed by atoms with Crippen LogP contribution < -0.4 is 25.9 Å². The summed E-state index contributed by atoms with van der Waals surface area (Å²) in [6.45, 7) is 2.08. The number of halogens is 1. The van der Waals surface area contributed by atoms with Crippen molar-refractivity contribution in [1.82, 2.24) is 4.98 Å². The number of nitrogen functional groups attached to an aromatic ring is 1. The molecule has 8 nitrogen and oxygen atoms in total. The first-order valence-corrected chi connectivity index (χ1v) is 10.2. The molecule has 2 aromatic carbocycles. The monoisotopic (exact) mass is 445 g/mol. The largest absolute Gasteiger partial charge is 0.490 e. The zero-order valence-electron chi connectivity index (χ0n) is 16.1. The summed E-state index contributed by atoms with van der Waals surface area (Å²) in [7, 11) is 0. The minimum atomic E-state index is -0.294. The van der Waals surface area contributed by atoms with Crippen LogP contribution in [0.1, 0.15) is 12.5 Å². The maximum absolute atomic E-state index is 12.1. The van der Waals surface area contributed by atoms with Crippen molar-refractivity contribution in [2.24, 2.45) is 5.10 Å². The number of amides is 1. The van der Waals surface area contributed by atoms with Gasteiger partial charge in [0.1, 0.15) is 5.82 Å². The molecule has 3 aromatic rings. The summed E-state index contributed by atoms with van der Waals surface area (Å²) < 4.78 is 11.3. The molecule has 0 aliphatic rings. The van der Waals surface area contributed by atoms with Crippen LogP contribution in [0.4, 0.5) is 16.6 Å². The third kappa shape index (κ3) is 6.10. The number of nitrogens with zero attached hydrogens (tertiary/aromatic N) is 2. The number of benzene rings is 2. The molecular formula is C20H20ClN5O3S. The molecule has 1 amide bonds. The summed E-state index contributed by atoms with van der Waals surface area (Å²) in [5.74, 6) is 0.946. The number of nitrogens with two attached hydrogens (primary N) is 1. The Morgan fingerprint density at radius 1 is 1.27 bits per heavy atom. The van der Waals surface area contributed by atoms with Gasteiger partial charge in [0.05, 0.1) is 17.8 Å². The normalized spacial score (nSPS) is 10.7. The van der Waals surface area contributed by atoms with Gasteiger partial charge in [0.2, 0.25) is 5.13 Å². The lowest BCUT2D eigenvalue weighted by Gasteiger charge is -2.13. The van der Waals surface area contributed by atoms with E-state index in [9.17, 15) is 4.79 Å². The van der Waals surface area contributed by atoms with Crippen molar-refractivity contribution >= 4 is 51.7 Å². The Labute approximate surface area is 182 Å². The van der Waals surface area contributed by atoms with Crippen LogP contribution in [0.3, 0.4) is 0 Å². The Morgan fingerprint density at radius 2 is 2.03 bits per heavy atom. The highest BCUT2D eigenvalue weighted by Gasteiger charge is 2.12. The molecule has 0 atom stereocenters. The molecule has 0 aliphatic heterocycles. The highest BCUT2D eigenvalue weighted by Crippen LogP contribution is 2.33. The first kappa shape index (κ1) is 21.4.